The molecule has 1 aromatic rings. The number of aliphatic hydroxyl groups excluding tert-OH is 1. The minimum absolute atomic E-state index is 0.0422. The molecule has 1 N–H and O–H groups in total. The van der Waals surface area contributed by atoms with Crippen LogP contribution in [0.3, 0.4) is 0 Å². The zero-order valence-corrected chi connectivity index (χ0v) is 12.9. The first-order valence-corrected chi connectivity index (χ1v) is 8.29. The van der Waals surface area contributed by atoms with Gasteiger partial charge in [-0.2, -0.15) is 0 Å². The van der Waals surface area contributed by atoms with Gasteiger partial charge in [0.15, 0.2) is 0 Å². The van der Waals surface area contributed by atoms with E-state index in [2.05, 4.69) is 31.2 Å². The summed E-state index contributed by atoms with van der Waals surface area (Å²) in [7, 11) is 0. The number of nitrogens with zero attached hydrogens (tertiary/aromatic N) is 1. The van der Waals surface area contributed by atoms with Crippen LogP contribution in [0, 0.1) is 6.92 Å². The third-order valence-corrected chi connectivity index (χ3v) is 4.78. The van der Waals surface area contributed by atoms with E-state index in [9.17, 15) is 9.90 Å². The predicted molar refractivity (Wildman–Crippen MR) is 83.0 cm³/mol. The molecule has 1 aromatic carbocycles. The molecule has 0 saturated carbocycles. The van der Waals surface area contributed by atoms with Crippen molar-refractivity contribution in [1.29, 1.82) is 0 Å². The summed E-state index contributed by atoms with van der Waals surface area (Å²) in [5.74, 6) is 0.986. The van der Waals surface area contributed by atoms with Gasteiger partial charge in [0.2, 0.25) is 5.91 Å². The topological polar surface area (TPSA) is 40.5 Å². The Bertz CT molecular complexity index is 433. The third kappa shape index (κ3) is 4.25. The maximum Gasteiger partial charge on any atom is 0.223 e. The SMILES string of the molecule is Cc1ccc(SCCC(=O)N2CCCCC2CO)cc1. The largest absolute Gasteiger partial charge is 0.394 e. The molecule has 1 heterocycles. The first-order chi connectivity index (χ1) is 9.70. The van der Waals surface area contributed by atoms with Crippen molar-refractivity contribution in [3.8, 4) is 0 Å². The van der Waals surface area contributed by atoms with Crippen molar-refractivity contribution >= 4 is 17.7 Å². The number of piperidine rings is 1. The number of likely N-dealkylation sites (tertiary alicyclic amines) is 1. The number of benzene rings is 1. The van der Waals surface area contributed by atoms with Crippen LogP contribution < -0.4 is 0 Å². The molecule has 0 aromatic heterocycles. The summed E-state index contributed by atoms with van der Waals surface area (Å²) in [5, 5.41) is 9.34. The standard InChI is InChI=1S/C16H23NO2S/c1-13-5-7-15(8-6-13)20-11-9-16(19)17-10-3-2-4-14(17)12-18/h5-8,14,18H,2-4,9-12H2,1H3. The van der Waals surface area contributed by atoms with Crippen LogP contribution in [0.4, 0.5) is 0 Å². The molecule has 0 bridgehead atoms. The molecule has 0 aliphatic carbocycles. The fourth-order valence-electron chi connectivity index (χ4n) is 2.55. The maximum atomic E-state index is 12.2. The first-order valence-electron chi connectivity index (χ1n) is 7.30. The highest BCUT2D eigenvalue weighted by Gasteiger charge is 2.25. The van der Waals surface area contributed by atoms with Crippen LogP contribution in [0.1, 0.15) is 31.2 Å². The van der Waals surface area contributed by atoms with Gasteiger partial charge in [0.05, 0.1) is 12.6 Å². The Morgan fingerprint density at radius 3 is 2.80 bits per heavy atom. The Balaban J connectivity index is 1.78. The molecule has 1 aliphatic rings. The summed E-state index contributed by atoms with van der Waals surface area (Å²) in [6, 6.07) is 8.43. The van der Waals surface area contributed by atoms with E-state index in [1.807, 2.05) is 4.90 Å². The van der Waals surface area contributed by atoms with Crippen molar-refractivity contribution in [1.82, 2.24) is 4.90 Å². The Kier molecular flexibility index (Phi) is 5.92. The molecular formula is C16H23NO2S. The van der Waals surface area contributed by atoms with Crippen LogP contribution in [0.5, 0.6) is 0 Å². The van der Waals surface area contributed by atoms with Gasteiger partial charge in [-0.25, -0.2) is 0 Å². The second-order valence-corrected chi connectivity index (χ2v) is 6.50. The number of aryl methyl sites for hydroxylation is 1. The molecule has 2 rings (SSSR count). The number of carbonyl (C=O) groups excluding carboxylic acids is 1. The van der Waals surface area contributed by atoms with E-state index in [-0.39, 0.29) is 18.6 Å². The van der Waals surface area contributed by atoms with E-state index in [4.69, 9.17) is 0 Å². The molecule has 0 spiro atoms. The molecular weight excluding hydrogens is 270 g/mol. The number of carbonyl (C=O) groups is 1. The predicted octanol–water partition coefficient (Wildman–Crippen LogP) is 2.85. The van der Waals surface area contributed by atoms with Crippen molar-refractivity contribution in [2.24, 2.45) is 0 Å². The minimum atomic E-state index is 0.0422. The van der Waals surface area contributed by atoms with Gasteiger partial charge in [-0.1, -0.05) is 17.7 Å². The first kappa shape index (κ1) is 15.4. The quantitative estimate of drug-likeness (QED) is 0.849. The van der Waals surface area contributed by atoms with Crippen LogP contribution in [0.15, 0.2) is 29.2 Å². The molecule has 1 saturated heterocycles. The number of thioether (sulfide) groups is 1. The van der Waals surface area contributed by atoms with Crippen molar-refractivity contribution in [2.75, 3.05) is 18.9 Å². The average molecular weight is 293 g/mol. The van der Waals surface area contributed by atoms with E-state index in [0.29, 0.717) is 6.42 Å². The lowest BCUT2D eigenvalue weighted by molar-refractivity contribution is -0.135. The summed E-state index contributed by atoms with van der Waals surface area (Å²) in [5.41, 5.74) is 1.25. The van der Waals surface area contributed by atoms with Crippen LogP contribution in [0.25, 0.3) is 0 Å². The lowest BCUT2D eigenvalue weighted by Gasteiger charge is -2.34. The van der Waals surface area contributed by atoms with E-state index in [1.54, 1.807) is 11.8 Å². The van der Waals surface area contributed by atoms with E-state index >= 15 is 0 Å². The van der Waals surface area contributed by atoms with Gasteiger partial charge in [0.25, 0.3) is 0 Å². The number of hydrogen-bond donors (Lipinski definition) is 1. The Morgan fingerprint density at radius 1 is 1.35 bits per heavy atom. The number of aliphatic hydroxyl groups is 1. The monoisotopic (exact) mass is 293 g/mol. The van der Waals surface area contributed by atoms with Gasteiger partial charge in [-0.3, -0.25) is 4.79 Å². The fourth-order valence-corrected chi connectivity index (χ4v) is 3.39. The van der Waals surface area contributed by atoms with Gasteiger partial charge in [0, 0.05) is 23.6 Å². The molecule has 0 radical (unpaired) electrons. The zero-order valence-electron chi connectivity index (χ0n) is 12.0. The number of hydrogen-bond acceptors (Lipinski definition) is 3. The molecule has 1 amide bonds. The van der Waals surface area contributed by atoms with Crippen molar-refractivity contribution in [2.45, 2.75) is 43.5 Å². The zero-order chi connectivity index (χ0) is 14.4. The molecule has 4 heteroatoms. The summed E-state index contributed by atoms with van der Waals surface area (Å²) in [6.07, 6.45) is 3.67. The van der Waals surface area contributed by atoms with Crippen molar-refractivity contribution < 1.29 is 9.90 Å². The molecule has 1 aliphatic heterocycles. The molecule has 110 valence electrons. The average Bonchev–Trinajstić information content (AvgIpc) is 2.49. The van der Waals surface area contributed by atoms with Gasteiger partial charge < -0.3 is 10.0 Å². The van der Waals surface area contributed by atoms with Gasteiger partial charge in [-0.05, 0) is 38.3 Å². The Morgan fingerprint density at radius 2 is 2.10 bits per heavy atom. The molecule has 1 unspecified atom stereocenters. The number of amides is 1. The van der Waals surface area contributed by atoms with E-state index < -0.39 is 0 Å². The van der Waals surface area contributed by atoms with Crippen molar-refractivity contribution in [3.05, 3.63) is 29.8 Å². The Labute approximate surface area is 125 Å². The smallest absolute Gasteiger partial charge is 0.223 e. The minimum Gasteiger partial charge on any atom is -0.394 e. The van der Waals surface area contributed by atoms with Gasteiger partial charge >= 0.3 is 0 Å². The summed E-state index contributed by atoms with van der Waals surface area (Å²) < 4.78 is 0. The van der Waals surface area contributed by atoms with Gasteiger partial charge in [0.1, 0.15) is 0 Å². The third-order valence-electron chi connectivity index (χ3n) is 3.76. The molecule has 1 atom stereocenters. The lowest BCUT2D eigenvalue weighted by atomic mass is 10.0. The lowest BCUT2D eigenvalue weighted by Crippen LogP contribution is -2.45. The van der Waals surface area contributed by atoms with Crippen molar-refractivity contribution in [3.63, 3.8) is 0 Å². The van der Waals surface area contributed by atoms with E-state index in [1.165, 1.54) is 10.5 Å². The Hall–Kier alpha value is -1.00. The summed E-state index contributed by atoms with van der Waals surface area (Å²) >= 11 is 1.72. The highest BCUT2D eigenvalue weighted by molar-refractivity contribution is 7.99. The summed E-state index contributed by atoms with van der Waals surface area (Å²) in [4.78, 5) is 15.3. The second kappa shape index (κ2) is 7.70. The van der Waals surface area contributed by atoms with Gasteiger partial charge in [-0.15, -0.1) is 11.8 Å². The molecule has 20 heavy (non-hydrogen) atoms. The highest BCUT2D eigenvalue weighted by atomic mass is 32.2. The summed E-state index contributed by atoms with van der Waals surface area (Å²) in [6.45, 7) is 2.97. The highest BCUT2D eigenvalue weighted by Crippen LogP contribution is 2.21. The maximum absolute atomic E-state index is 12.2. The van der Waals surface area contributed by atoms with Crippen LogP contribution in [-0.2, 0) is 4.79 Å². The van der Waals surface area contributed by atoms with Crippen LogP contribution >= 0.6 is 11.8 Å². The number of rotatable bonds is 5. The van der Waals surface area contributed by atoms with E-state index in [0.717, 1.165) is 31.6 Å². The van der Waals surface area contributed by atoms with Crippen LogP contribution in [-0.4, -0.2) is 40.9 Å². The normalized spacial score (nSPS) is 19.1. The molecule has 3 nitrogen and oxygen atoms in total. The van der Waals surface area contributed by atoms with Crippen LogP contribution in [0.2, 0.25) is 0 Å². The molecule has 1 fully saturated rings. The second-order valence-electron chi connectivity index (χ2n) is 5.33. The fraction of sp³-hybridized carbons (Fsp3) is 0.562.